The lowest BCUT2D eigenvalue weighted by atomic mass is 9.69. The molecule has 0 radical (unpaired) electrons. The monoisotopic (exact) mass is 604 g/mol. The molecule has 45 heavy (non-hydrogen) atoms. The highest BCUT2D eigenvalue weighted by atomic mass is 16.1. The van der Waals surface area contributed by atoms with Crippen molar-refractivity contribution in [1.82, 2.24) is 0 Å². The Hall–Kier alpha value is -3.19. The van der Waals surface area contributed by atoms with Gasteiger partial charge in [0.2, 0.25) is 0 Å². The van der Waals surface area contributed by atoms with Crippen molar-refractivity contribution in [2.45, 2.75) is 129 Å². The van der Waals surface area contributed by atoms with Gasteiger partial charge in [0.05, 0.1) is 0 Å². The number of rotatable bonds is 22. The van der Waals surface area contributed by atoms with Crippen LogP contribution in [-0.2, 0) is 23.1 Å². The Morgan fingerprint density at radius 1 is 0.644 bits per heavy atom. The standard InChI is InChI=1S/C44H60O/c1-5-7-13-24-38(3)43(4,36-39-25-14-8-15-26-39)34-22-11-20-31-42(45)32-21-12-23-35-44(33-6-2,41-29-18-10-19-30-41)37-40-27-16-9-17-28-40/h7-10,13-19,24-30H,5-6,11-12,20-23,31-37H2,1-4H3/b13-7-,38-24+. The van der Waals surface area contributed by atoms with Gasteiger partial charge in [-0.15, -0.1) is 0 Å². The van der Waals surface area contributed by atoms with Gasteiger partial charge in [0, 0.05) is 12.8 Å². The van der Waals surface area contributed by atoms with Gasteiger partial charge in [-0.05, 0) is 85.8 Å². The zero-order chi connectivity index (χ0) is 32.2. The summed E-state index contributed by atoms with van der Waals surface area (Å²) in [6, 6.07) is 33.0. The zero-order valence-electron chi connectivity index (χ0n) is 28.9. The van der Waals surface area contributed by atoms with E-state index in [0.717, 1.165) is 64.2 Å². The molecule has 0 amide bonds. The molecule has 0 N–H and O–H groups in total. The summed E-state index contributed by atoms with van der Waals surface area (Å²) in [6.45, 7) is 9.21. The molecule has 0 spiro atoms. The second-order valence-corrected chi connectivity index (χ2v) is 13.6. The lowest BCUT2D eigenvalue weighted by Crippen LogP contribution is -2.29. The molecule has 0 aliphatic rings. The Balaban J connectivity index is 1.44. The number of allylic oxidation sites excluding steroid dienone is 4. The number of hydrogen-bond donors (Lipinski definition) is 0. The molecular weight excluding hydrogens is 544 g/mol. The Morgan fingerprint density at radius 3 is 1.73 bits per heavy atom. The van der Waals surface area contributed by atoms with Crippen LogP contribution in [0, 0.1) is 5.41 Å². The third-order valence-electron chi connectivity index (χ3n) is 9.90. The van der Waals surface area contributed by atoms with Crippen LogP contribution in [0.5, 0.6) is 0 Å². The van der Waals surface area contributed by atoms with Gasteiger partial charge in [0.25, 0.3) is 0 Å². The summed E-state index contributed by atoms with van der Waals surface area (Å²) in [6.07, 6.45) is 22.8. The summed E-state index contributed by atoms with van der Waals surface area (Å²) in [5.41, 5.74) is 6.04. The number of unbranched alkanes of at least 4 members (excludes halogenated alkanes) is 4. The molecule has 0 saturated carbocycles. The normalized spacial score (nSPS) is 14.7. The van der Waals surface area contributed by atoms with Crippen LogP contribution in [0.3, 0.4) is 0 Å². The highest BCUT2D eigenvalue weighted by molar-refractivity contribution is 5.78. The molecule has 0 saturated heterocycles. The number of Topliss-reactive ketones (excluding diaryl/α,β-unsaturated/α-hetero) is 1. The van der Waals surface area contributed by atoms with Crippen molar-refractivity contribution >= 4 is 5.78 Å². The molecule has 0 aliphatic carbocycles. The first-order valence-electron chi connectivity index (χ1n) is 17.9. The fraction of sp³-hybridized carbons (Fsp3) is 0.477. The van der Waals surface area contributed by atoms with Gasteiger partial charge >= 0.3 is 0 Å². The first-order valence-corrected chi connectivity index (χ1v) is 17.9. The second-order valence-electron chi connectivity index (χ2n) is 13.6. The molecule has 0 aromatic heterocycles. The van der Waals surface area contributed by atoms with E-state index in [4.69, 9.17) is 0 Å². The molecule has 0 fully saturated rings. The van der Waals surface area contributed by atoms with Gasteiger partial charge in [0.15, 0.2) is 0 Å². The van der Waals surface area contributed by atoms with Crippen LogP contribution in [0.4, 0.5) is 0 Å². The molecule has 0 heterocycles. The Bertz CT molecular complexity index is 1270. The smallest absolute Gasteiger partial charge is 0.132 e. The minimum absolute atomic E-state index is 0.136. The molecule has 0 bridgehead atoms. The Kier molecular flexibility index (Phi) is 16.2. The van der Waals surface area contributed by atoms with Gasteiger partial charge in [-0.2, -0.15) is 0 Å². The third-order valence-corrected chi connectivity index (χ3v) is 9.90. The van der Waals surface area contributed by atoms with Crippen molar-refractivity contribution in [2.24, 2.45) is 5.41 Å². The van der Waals surface area contributed by atoms with Crippen molar-refractivity contribution in [1.29, 1.82) is 0 Å². The number of benzene rings is 3. The quantitative estimate of drug-likeness (QED) is 0.0823. The van der Waals surface area contributed by atoms with Crippen molar-refractivity contribution in [3.05, 3.63) is 131 Å². The number of hydrogen-bond acceptors (Lipinski definition) is 1. The SMILES string of the molecule is CC/C=C\C=C(/C)C(C)(CCCCCC(=O)CCCCCC(CCC)(Cc1ccccc1)c1ccccc1)Cc1ccccc1. The van der Waals surface area contributed by atoms with E-state index < -0.39 is 0 Å². The van der Waals surface area contributed by atoms with E-state index in [2.05, 4.69) is 137 Å². The maximum absolute atomic E-state index is 12.8. The van der Waals surface area contributed by atoms with E-state index in [0.29, 0.717) is 5.78 Å². The van der Waals surface area contributed by atoms with Gasteiger partial charge in [0.1, 0.15) is 5.78 Å². The topological polar surface area (TPSA) is 17.1 Å². The molecule has 0 aliphatic heterocycles. The van der Waals surface area contributed by atoms with Gasteiger partial charge in [-0.25, -0.2) is 0 Å². The predicted octanol–water partition coefficient (Wildman–Crippen LogP) is 12.6. The average Bonchev–Trinajstić information content (AvgIpc) is 3.06. The zero-order valence-corrected chi connectivity index (χ0v) is 28.9. The Morgan fingerprint density at radius 2 is 1.18 bits per heavy atom. The van der Waals surface area contributed by atoms with Gasteiger partial charge < -0.3 is 0 Å². The van der Waals surface area contributed by atoms with Crippen molar-refractivity contribution in [3.8, 4) is 0 Å². The maximum atomic E-state index is 12.8. The van der Waals surface area contributed by atoms with Crippen molar-refractivity contribution in [3.63, 3.8) is 0 Å². The summed E-state index contributed by atoms with van der Waals surface area (Å²) in [7, 11) is 0. The van der Waals surface area contributed by atoms with E-state index in [9.17, 15) is 4.79 Å². The molecule has 2 unspecified atom stereocenters. The van der Waals surface area contributed by atoms with E-state index in [1.165, 1.54) is 54.4 Å². The summed E-state index contributed by atoms with van der Waals surface area (Å²) in [5, 5.41) is 0. The lowest BCUT2D eigenvalue weighted by Gasteiger charge is -2.35. The number of ketones is 1. The largest absolute Gasteiger partial charge is 0.300 e. The van der Waals surface area contributed by atoms with Crippen LogP contribution in [-0.4, -0.2) is 5.78 Å². The predicted molar refractivity (Wildman–Crippen MR) is 196 cm³/mol. The molecule has 242 valence electrons. The Labute approximate surface area is 276 Å². The van der Waals surface area contributed by atoms with Crippen LogP contribution in [0.15, 0.2) is 115 Å². The van der Waals surface area contributed by atoms with Crippen molar-refractivity contribution < 1.29 is 4.79 Å². The molecule has 1 nitrogen and oxygen atoms in total. The second kappa shape index (κ2) is 20.0. The molecule has 3 aromatic rings. The third kappa shape index (κ3) is 12.6. The highest BCUT2D eigenvalue weighted by Gasteiger charge is 2.31. The summed E-state index contributed by atoms with van der Waals surface area (Å²) in [4.78, 5) is 12.8. The van der Waals surface area contributed by atoms with Crippen LogP contribution >= 0.6 is 0 Å². The van der Waals surface area contributed by atoms with Crippen LogP contribution in [0.25, 0.3) is 0 Å². The average molecular weight is 605 g/mol. The number of carbonyl (C=O) groups is 1. The summed E-state index contributed by atoms with van der Waals surface area (Å²) < 4.78 is 0. The molecule has 1 heteroatoms. The molecule has 2 atom stereocenters. The first-order chi connectivity index (χ1) is 21.9. The molecule has 3 aromatic carbocycles. The molecule has 3 rings (SSSR count). The fourth-order valence-corrected chi connectivity index (χ4v) is 7.07. The van der Waals surface area contributed by atoms with E-state index in [1.807, 2.05) is 0 Å². The van der Waals surface area contributed by atoms with Crippen LogP contribution in [0.2, 0.25) is 0 Å². The van der Waals surface area contributed by atoms with Gasteiger partial charge in [-0.1, -0.05) is 168 Å². The minimum Gasteiger partial charge on any atom is -0.300 e. The van der Waals surface area contributed by atoms with Crippen LogP contribution in [0.1, 0.15) is 128 Å². The lowest BCUT2D eigenvalue weighted by molar-refractivity contribution is -0.119. The van der Waals surface area contributed by atoms with Crippen molar-refractivity contribution in [2.75, 3.05) is 0 Å². The summed E-state index contributed by atoms with van der Waals surface area (Å²) in [5.74, 6) is 0.454. The summed E-state index contributed by atoms with van der Waals surface area (Å²) >= 11 is 0. The maximum Gasteiger partial charge on any atom is 0.132 e. The van der Waals surface area contributed by atoms with E-state index in [-0.39, 0.29) is 10.8 Å². The van der Waals surface area contributed by atoms with E-state index in [1.54, 1.807) is 0 Å². The number of carbonyl (C=O) groups excluding carboxylic acids is 1. The first kappa shape index (κ1) is 36.3. The molecular formula is C44H60O. The van der Waals surface area contributed by atoms with E-state index >= 15 is 0 Å². The van der Waals surface area contributed by atoms with Crippen LogP contribution < -0.4 is 0 Å². The van der Waals surface area contributed by atoms with Gasteiger partial charge in [-0.3, -0.25) is 4.79 Å². The minimum atomic E-state index is 0.136. The highest BCUT2D eigenvalue weighted by Crippen LogP contribution is 2.39. The fourth-order valence-electron chi connectivity index (χ4n) is 7.07.